The molecule has 2 aliphatic rings. The Hall–Kier alpha value is -3.23. The number of imidazole rings is 1. The summed E-state index contributed by atoms with van der Waals surface area (Å²) >= 11 is 0. The number of ether oxygens (including phenoxy) is 1. The van der Waals surface area contributed by atoms with Crippen molar-refractivity contribution >= 4 is 27.8 Å². The number of methoxy groups -OCH3 is 1. The molecule has 0 spiro atoms. The summed E-state index contributed by atoms with van der Waals surface area (Å²) in [6.07, 6.45) is 10.3. The van der Waals surface area contributed by atoms with Gasteiger partial charge in [-0.2, -0.15) is 0 Å². The van der Waals surface area contributed by atoms with Gasteiger partial charge in [-0.3, -0.25) is 14.1 Å². The molecule has 4 aromatic rings. The molecule has 1 aromatic carbocycles. The summed E-state index contributed by atoms with van der Waals surface area (Å²) < 4.78 is 9.43. The largest absolute Gasteiger partial charge is 0.381 e. The minimum absolute atomic E-state index is 0.0190. The molecule has 4 heterocycles. The lowest BCUT2D eigenvalue weighted by atomic mass is 9.92. The van der Waals surface area contributed by atoms with Crippen molar-refractivity contribution in [1.82, 2.24) is 24.0 Å². The summed E-state index contributed by atoms with van der Waals surface area (Å²) in [5.41, 5.74) is 4.91. The minimum Gasteiger partial charge on any atom is -0.381 e. The summed E-state index contributed by atoms with van der Waals surface area (Å²) in [4.78, 5) is 27.7. The average molecular weight is 515 g/mol. The number of hydrogen-bond donors (Lipinski definition) is 0. The Morgan fingerprint density at radius 2 is 1.76 bits per heavy atom. The van der Waals surface area contributed by atoms with Gasteiger partial charge >= 0.3 is 5.69 Å². The quantitative estimate of drug-likeness (QED) is 0.387. The van der Waals surface area contributed by atoms with Gasteiger partial charge in [-0.15, -0.1) is 0 Å². The van der Waals surface area contributed by atoms with Gasteiger partial charge in [-0.25, -0.2) is 9.78 Å². The van der Waals surface area contributed by atoms with Gasteiger partial charge in [0.2, 0.25) is 0 Å². The summed E-state index contributed by atoms with van der Waals surface area (Å²) in [6.45, 7) is 2.07. The van der Waals surface area contributed by atoms with E-state index in [9.17, 15) is 4.79 Å². The van der Waals surface area contributed by atoms with Crippen LogP contribution in [0.3, 0.4) is 0 Å². The third-order valence-corrected chi connectivity index (χ3v) is 8.81. The van der Waals surface area contributed by atoms with Gasteiger partial charge in [0.15, 0.2) is 0 Å². The van der Waals surface area contributed by atoms with Crippen LogP contribution in [-0.4, -0.2) is 70.4 Å². The van der Waals surface area contributed by atoms with Gasteiger partial charge in [0, 0.05) is 56.5 Å². The van der Waals surface area contributed by atoms with Crippen molar-refractivity contribution in [3.05, 3.63) is 53.2 Å². The lowest BCUT2D eigenvalue weighted by molar-refractivity contribution is 0.0531. The first kappa shape index (κ1) is 25.1. The Morgan fingerprint density at radius 1 is 0.974 bits per heavy atom. The molecule has 3 aromatic heterocycles. The third-order valence-electron chi connectivity index (χ3n) is 8.81. The second kappa shape index (κ2) is 10.2. The van der Waals surface area contributed by atoms with Crippen LogP contribution in [0.1, 0.15) is 44.6 Å². The molecule has 0 unspecified atom stereocenters. The van der Waals surface area contributed by atoms with Gasteiger partial charge in [0.05, 0.1) is 28.9 Å². The highest BCUT2D eigenvalue weighted by Gasteiger charge is 2.28. The van der Waals surface area contributed by atoms with Crippen LogP contribution in [0.15, 0.2) is 47.5 Å². The fourth-order valence-electron chi connectivity index (χ4n) is 6.47. The maximum Gasteiger partial charge on any atom is 0.329 e. The zero-order chi connectivity index (χ0) is 26.4. The van der Waals surface area contributed by atoms with Crippen molar-refractivity contribution in [2.75, 3.05) is 39.2 Å². The number of aromatic nitrogens is 4. The van der Waals surface area contributed by atoms with Crippen LogP contribution in [0, 0.1) is 0 Å². The number of nitrogens with zero attached hydrogens (tertiary/aromatic N) is 6. The molecular weight excluding hydrogens is 476 g/mol. The van der Waals surface area contributed by atoms with Crippen LogP contribution in [0.2, 0.25) is 0 Å². The number of anilines is 1. The first-order valence-electron chi connectivity index (χ1n) is 13.8. The molecule has 1 aliphatic carbocycles. The van der Waals surface area contributed by atoms with Crippen LogP contribution in [-0.2, 0) is 11.8 Å². The minimum atomic E-state index is 0.0190. The topological polar surface area (TPSA) is 68.4 Å². The molecule has 2 fully saturated rings. The maximum atomic E-state index is 13.5. The van der Waals surface area contributed by atoms with E-state index in [2.05, 4.69) is 54.2 Å². The number of rotatable bonds is 5. The Balaban J connectivity index is 1.36. The van der Waals surface area contributed by atoms with E-state index in [1.54, 1.807) is 11.7 Å². The molecule has 8 heteroatoms. The van der Waals surface area contributed by atoms with Gasteiger partial charge in [-0.1, -0.05) is 6.07 Å². The number of hydrogen-bond acceptors (Lipinski definition) is 6. The molecule has 38 heavy (non-hydrogen) atoms. The first-order chi connectivity index (χ1) is 18.4. The van der Waals surface area contributed by atoms with Crippen molar-refractivity contribution in [3.63, 3.8) is 0 Å². The van der Waals surface area contributed by atoms with Gasteiger partial charge < -0.3 is 14.5 Å². The normalized spacial score (nSPS) is 21.1. The Morgan fingerprint density at radius 3 is 2.47 bits per heavy atom. The molecular formula is C30H38N6O2. The Kier molecular flexibility index (Phi) is 6.70. The summed E-state index contributed by atoms with van der Waals surface area (Å²) in [7, 11) is 7.95. The van der Waals surface area contributed by atoms with Gasteiger partial charge in [0.1, 0.15) is 5.82 Å². The molecule has 200 valence electrons. The SMILES string of the molecule is CO[C@@H]1CCC[C@@H](n2c(=O)n(C)c3cnc4ccc(-c5ccc(N6CCC(N(C)C)CC6)nc5)cc4c32)C1. The molecule has 1 saturated heterocycles. The first-order valence-corrected chi connectivity index (χ1v) is 13.8. The molecule has 0 bridgehead atoms. The van der Waals surface area contributed by atoms with E-state index in [0.717, 1.165) is 90.5 Å². The monoisotopic (exact) mass is 514 g/mol. The maximum absolute atomic E-state index is 13.5. The highest BCUT2D eigenvalue weighted by molar-refractivity contribution is 6.04. The van der Waals surface area contributed by atoms with E-state index in [-0.39, 0.29) is 17.8 Å². The van der Waals surface area contributed by atoms with E-state index < -0.39 is 0 Å². The van der Waals surface area contributed by atoms with E-state index >= 15 is 0 Å². The molecule has 0 N–H and O–H groups in total. The number of aryl methyl sites for hydroxylation is 1. The standard InChI is InChI=1S/C30H38N6O2/c1-33(2)22-12-14-35(15-13-22)28-11-9-21(18-32-28)20-8-10-26-25(16-20)29-27(19-31-26)34(3)30(37)36(29)23-6-5-7-24(17-23)38-4/h8-11,16,18-19,22-24H,5-7,12-15,17H2,1-4H3/t23-,24-/m1/s1. The van der Waals surface area contributed by atoms with E-state index in [4.69, 9.17) is 14.7 Å². The third kappa shape index (κ3) is 4.39. The van der Waals surface area contributed by atoms with E-state index in [0.29, 0.717) is 6.04 Å². The van der Waals surface area contributed by atoms with Crippen molar-refractivity contribution in [1.29, 1.82) is 0 Å². The molecule has 0 amide bonds. The summed E-state index contributed by atoms with van der Waals surface area (Å²) in [6, 6.07) is 11.4. The van der Waals surface area contributed by atoms with Gasteiger partial charge in [-0.05, 0) is 82.4 Å². The van der Waals surface area contributed by atoms with Gasteiger partial charge in [0.25, 0.3) is 0 Å². The lowest BCUT2D eigenvalue weighted by Crippen LogP contribution is -2.42. The molecule has 1 saturated carbocycles. The second-order valence-corrected chi connectivity index (χ2v) is 11.2. The van der Waals surface area contributed by atoms with E-state index in [1.807, 2.05) is 24.0 Å². The zero-order valence-electron chi connectivity index (χ0n) is 22.9. The van der Waals surface area contributed by atoms with Crippen molar-refractivity contribution < 1.29 is 4.74 Å². The molecule has 6 rings (SSSR count). The number of benzene rings is 1. The smallest absolute Gasteiger partial charge is 0.329 e. The fraction of sp³-hybridized carbons (Fsp3) is 0.500. The lowest BCUT2D eigenvalue weighted by Gasteiger charge is -2.35. The van der Waals surface area contributed by atoms with Crippen molar-refractivity contribution in [2.24, 2.45) is 7.05 Å². The van der Waals surface area contributed by atoms with Crippen LogP contribution in [0.4, 0.5) is 5.82 Å². The average Bonchev–Trinajstić information content (AvgIpc) is 3.22. The number of pyridine rings is 2. The van der Waals surface area contributed by atoms with Crippen LogP contribution in [0.25, 0.3) is 33.1 Å². The predicted octanol–water partition coefficient (Wildman–Crippen LogP) is 4.61. The highest BCUT2D eigenvalue weighted by atomic mass is 16.5. The van der Waals surface area contributed by atoms with Crippen LogP contribution >= 0.6 is 0 Å². The van der Waals surface area contributed by atoms with Crippen molar-refractivity contribution in [2.45, 2.75) is 56.7 Å². The molecule has 0 radical (unpaired) electrons. The van der Waals surface area contributed by atoms with E-state index in [1.165, 1.54) is 0 Å². The molecule has 8 nitrogen and oxygen atoms in total. The predicted molar refractivity (Wildman–Crippen MR) is 153 cm³/mol. The number of piperidine rings is 1. The fourth-order valence-corrected chi connectivity index (χ4v) is 6.47. The number of fused-ring (bicyclic) bond motifs is 3. The second-order valence-electron chi connectivity index (χ2n) is 11.2. The zero-order valence-corrected chi connectivity index (χ0v) is 22.9. The van der Waals surface area contributed by atoms with Crippen molar-refractivity contribution in [3.8, 4) is 11.1 Å². The molecule has 1 aliphatic heterocycles. The summed E-state index contributed by atoms with van der Waals surface area (Å²) in [5.74, 6) is 1.04. The Labute approximate surface area is 223 Å². The molecule has 2 atom stereocenters. The van der Waals surface area contributed by atoms with Crippen LogP contribution < -0.4 is 10.6 Å². The Bertz CT molecular complexity index is 1500. The highest BCUT2D eigenvalue weighted by Crippen LogP contribution is 2.35. The van der Waals surface area contributed by atoms with Crippen LogP contribution in [0.5, 0.6) is 0 Å². The summed E-state index contributed by atoms with van der Waals surface area (Å²) in [5, 5.41) is 1.01.